The van der Waals surface area contributed by atoms with Crippen LogP contribution < -0.4 is 0 Å². The number of ether oxygens (including phenoxy) is 1. The molecular formula is C10H24NO+. The van der Waals surface area contributed by atoms with E-state index in [9.17, 15) is 0 Å². The maximum absolute atomic E-state index is 5.69. The van der Waals surface area contributed by atoms with Crippen molar-refractivity contribution in [2.75, 3.05) is 20.7 Å². The molecule has 1 unspecified atom stereocenters. The third-order valence-corrected chi connectivity index (χ3v) is 2.83. The van der Waals surface area contributed by atoms with Crippen molar-refractivity contribution in [1.82, 2.24) is 0 Å². The highest BCUT2D eigenvalue weighted by Gasteiger charge is 2.27. The monoisotopic (exact) mass is 174 g/mol. The summed E-state index contributed by atoms with van der Waals surface area (Å²) in [4.78, 5) is 0. The molecule has 0 aliphatic carbocycles. The Morgan fingerprint density at radius 2 is 1.67 bits per heavy atom. The Morgan fingerprint density at radius 1 is 1.17 bits per heavy atom. The van der Waals surface area contributed by atoms with Gasteiger partial charge in [0.2, 0.25) is 0 Å². The number of hydrogen-bond acceptors (Lipinski definition) is 1. The normalized spacial score (nSPS) is 15.2. The molecule has 0 saturated heterocycles. The third-order valence-electron chi connectivity index (χ3n) is 2.83. The maximum atomic E-state index is 5.69. The zero-order chi connectivity index (χ0) is 9.78. The molecule has 0 spiro atoms. The molecule has 0 N–H and O–H groups in total. The van der Waals surface area contributed by atoms with Gasteiger partial charge in [0, 0.05) is 6.92 Å². The van der Waals surface area contributed by atoms with Crippen LogP contribution in [0.25, 0.3) is 0 Å². The predicted octanol–water partition coefficient (Wildman–Crippen LogP) is 2.24. The lowest BCUT2D eigenvalue weighted by Crippen LogP contribution is -2.53. The van der Waals surface area contributed by atoms with Crippen molar-refractivity contribution in [2.24, 2.45) is 0 Å². The topological polar surface area (TPSA) is 9.23 Å². The van der Waals surface area contributed by atoms with Crippen molar-refractivity contribution in [3.8, 4) is 0 Å². The first kappa shape index (κ1) is 11.9. The molecule has 0 aromatic carbocycles. The van der Waals surface area contributed by atoms with Gasteiger partial charge < -0.3 is 9.22 Å². The molecule has 0 fully saturated rings. The molecule has 0 radical (unpaired) electrons. The third kappa shape index (κ3) is 3.11. The SMILES string of the molecule is CCCOC(C)[N+](C)(C)C(C)C. The van der Waals surface area contributed by atoms with Gasteiger partial charge in [0.25, 0.3) is 0 Å². The fourth-order valence-electron chi connectivity index (χ4n) is 0.900. The summed E-state index contributed by atoms with van der Waals surface area (Å²) in [5.74, 6) is 0. The van der Waals surface area contributed by atoms with E-state index in [1.54, 1.807) is 0 Å². The average molecular weight is 174 g/mol. The number of rotatable bonds is 5. The zero-order valence-electron chi connectivity index (χ0n) is 9.42. The summed E-state index contributed by atoms with van der Waals surface area (Å²) in [6, 6.07) is 0.608. The second kappa shape index (κ2) is 4.83. The average Bonchev–Trinajstić information content (AvgIpc) is 1.99. The minimum absolute atomic E-state index is 0.296. The lowest BCUT2D eigenvalue weighted by Gasteiger charge is -2.39. The second-order valence-corrected chi connectivity index (χ2v) is 4.19. The van der Waals surface area contributed by atoms with E-state index in [4.69, 9.17) is 4.74 Å². The van der Waals surface area contributed by atoms with Crippen LogP contribution in [0.15, 0.2) is 0 Å². The highest BCUT2D eigenvalue weighted by atomic mass is 16.5. The van der Waals surface area contributed by atoms with Crippen molar-refractivity contribution in [3.63, 3.8) is 0 Å². The van der Waals surface area contributed by atoms with Crippen molar-refractivity contribution in [1.29, 1.82) is 0 Å². The van der Waals surface area contributed by atoms with Crippen LogP contribution in [0.1, 0.15) is 34.1 Å². The maximum Gasteiger partial charge on any atom is 0.190 e. The van der Waals surface area contributed by atoms with Crippen LogP contribution in [0.4, 0.5) is 0 Å². The Balaban J connectivity index is 3.97. The summed E-state index contributed by atoms with van der Waals surface area (Å²) < 4.78 is 6.62. The van der Waals surface area contributed by atoms with E-state index in [0.717, 1.165) is 17.5 Å². The highest BCUT2D eigenvalue weighted by molar-refractivity contribution is 4.42. The van der Waals surface area contributed by atoms with E-state index in [1.165, 1.54) is 0 Å². The van der Waals surface area contributed by atoms with Crippen LogP contribution in [0, 0.1) is 0 Å². The summed E-state index contributed by atoms with van der Waals surface area (Å²) in [5, 5.41) is 0. The minimum Gasteiger partial charge on any atom is -0.329 e. The summed E-state index contributed by atoms with van der Waals surface area (Å²) in [7, 11) is 4.43. The van der Waals surface area contributed by atoms with Crippen molar-refractivity contribution >= 4 is 0 Å². The van der Waals surface area contributed by atoms with Gasteiger partial charge in [-0.3, -0.25) is 0 Å². The Bertz CT molecular complexity index is 121. The molecule has 0 aromatic rings. The molecule has 0 aromatic heterocycles. The number of hydrogen-bond donors (Lipinski definition) is 0. The Morgan fingerprint density at radius 3 is 2.00 bits per heavy atom. The number of quaternary nitrogens is 1. The molecule has 0 heterocycles. The van der Waals surface area contributed by atoms with Crippen LogP contribution in [0.5, 0.6) is 0 Å². The van der Waals surface area contributed by atoms with E-state index in [2.05, 4.69) is 41.8 Å². The molecule has 0 saturated carbocycles. The first-order valence-electron chi connectivity index (χ1n) is 4.87. The fourth-order valence-corrected chi connectivity index (χ4v) is 0.900. The Hall–Kier alpha value is -0.0800. The van der Waals surface area contributed by atoms with Crippen molar-refractivity contribution in [2.45, 2.75) is 46.4 Å². The van der Waals surface area contributed by atoms with Crippen LogP contribution in [0.2, 0.25) is 0 Å². The molecular weight excluding hydrogens is 150 g/mol. The van der Waals surface area contributed by atoms with E-state index in [-0.39, 0.29) is 0 Å². The van der Waals surface area contributed by atoms with Gasteiger partial charge in [-0.25, -0.2) is 0 Å². The van der Waals surface area contributed by atoms with E-state index < -0.39 is 0 Å². The quantitative estimate of drug-likeness (QED) is 0.459. The lowest BCUT2D eigenvalue weighted by atomic mass is 10.3. The molecule has 1 atom stereocenters. The van der Waals surface area contributed by atoms with Crippen LogP contribution >= 0.6 is 0 Å². The van der Waals surface area contributed by atoms with Gasteiger partial charge in [-0.15, -0.1) is 0 Å². The first-order valence-corrected chi connectivity index (χ1v) is 4.87. The molecule has 0 bridgehead atoms. The van der Waals surface area contributed by atoms with Gasteiger partial charge in [-0.2, -0.15) is 0 Å². The highest BCUT2D eigenvalue weighted by Crippen LogP contribution is 2.13. The van der Waals surface area contributed by atoms with E-state index in [0.29, 0.717) is 12.3 Å². The smallest absolute Gasteiger partial charge is 0.190 e. The molecule has 0 amide bonds. The Labute approximate surface area is 77.1 Å². The molecule has 0 rings (SSSR count). The van der Waals surface area contributed by atoms with Gasteiger partial charge in [0.15, 0.2) is 6.23 Å². The molecule has 0 aliphatic heterocycles. The van der Waals surface area contributed by atoms with Crippen molar-refractivity contribution in [3.05, 3.63) is 0 Å². The first-order chi connectivity index (χ1) is 5.42. The van der Waals surface area contributed by atoms with Crippen LogP contribution in [-0.4, -0.2) is 37.5 Å². The van der Waals surface area contributed by atoms with E-state index >= 15 is 0 Å². The minimum atomic E-state index is 0.296. The summed E-state index contributed by atoms with van der Waals surface area (Å²) in [6.45, 7) is 9.62. The summed E-state index contributed by atoms with van der Waals surface area (Å²) in [5.41, 5.74) is 0. The summed E-state index contributed by atoms with van der Waals surface area (Å²) in [6.07, 6.45) is 1.40. The standard InChI is InChI=1S/C10H24NO/c1-7-8-12-10(4)11(5,6)9(2)3/h9-10H,7-8H2,1-6H3/q+1. The van der Waals surface area contributed by atoms with Gasteiger partial charge in [-0.1, -0.05) is 6.92 Å². The molecule has 74 valence electrons. The lowest BCUT2D eigenvalue weighted by molar-refractivity contribution is -0.954. The van der Waals surface area contributed by atoms with Gasteiger partial charge in [0.1, 0.15) is 0 Å². The fraction of sp³-hybridized carbons (Fsp3) is 1.00. The van der Waals surface area contributed by atoms with Gasteiger partial charge in [-0.05, 0) is 20.3 Å². The Kier molecular flexibility index (Phi) is 4.80. The second-order valence-electron chi connectivity index (χ2n) is 4.19. The zero-order valence-corrected chi connectivity index (χ0v) is 9.42. The molecule has 2 heteroatoms. The largest absolute Gasteiger partial charge is 0.329 e. The summed E-state index contributed by atoms with van der Waals surface area (Å²) >= 11 is 0. The predicted molar refractivity (Wildman–Crippen MR) is 52.9 cm³/mol. The molecule has 2 nitrogen and oxygen atoms in total. The van der Waals surface area contributed by atoms with Crippen LogP contribution in [0.3, 0.4) is 0 Å². The molecule has 12 heavy (non-hydrogen) atoms. The molecule has 0 aliphatic rings. The van der Waals surface area contributed by atoms with Gasteiger partial charge >= 0.3 is 0 Å². The van der Waals surface area contributed by atoms with Crippen molar-refractivity contribution < 1.29 is 9.22 Å². The van der Waals surface area contributed by atoms with Crippen LogP contribution in [-0.2, 0) is 4.74 Å². The number of nitrogens with zero attached hydrogens (tertiary/aromatic N) is 1. The van der Waals surface area contributed by atoms with E-state index in [1.807, 2.05) is 0 Å². The van der Waals surface area contributed by atoms with Gasteiger partial charge in [0.05, 0.1) is 26.7 Å².